The second kappa shape index (κ2) is 6.56. The maximum atomic E-state index is 12.1. The molecule has 2 heterocycles. The number of nitrogens with zero attached hydrogens (tertiary/aromatic N) is 2. The molecule has 1 aliphatic rings. The summed E-state index contributed by atoms with van der Waals surface area (Å²) in [5.41, 5.74) is 0. The lowest BCUT2D eigenvalue weighted by molar-refractivity contribution is -0.150. The lowest BCUT2D eigenvalue weighted by atomic mass is 10.0. The number of aromatic nitrogens is 1. The largest absolute Gasteiger partial charge is 0.480 e. The number of rotatable bonds is 4. The van der Waals surface area contributed by atoms with E-state index >= 15 is 0 Å². The molecule has 1 saturated heterocycles. The number of hydrogen-bond acceptors (Lipinski definition) is 4. The highest BCUT2D eigenvalue weighted by Crippen LogP contribution is 2.20. The van der Waals surface area contributed by atoms with Crippen molar-refractivity contribution < 1.29 is 14.7 Å². The van der Waals surface area contributed by atoms with Crippen molar-refractivity contribution in [2.45, 2.75) is 30.3 Å². The average molecular weight is 280 g/mol. The second-order valence-corrected chi connectivity index (χ2v) is 5.39. The molecule has 0 aromatic carbocycles. The molecule has 1 aromatic rings. The van der Waals surface area contributed by atoms with Crippen LogP contribution in [0.2, 0.25) is 0 Å². The predicted molar refractivity (Wildman–Crippen MR) is 71.9 cm³/mol. The normalized spacial score (nSPS) is 19.2. The number of thioether (sulfide) groups is 1. The van der Waals surface area contributed by atoms with E-state index in [1.807, 2.05) is 18.2 Å². The van der Waals surface area contributed by atoms with Crippen molar-refractivity contribution >= 4 is 23.6 Å². The fourth-order valence-corrected chi connectivity index (χ4v) is 2.89. The van der Waals surface area contributed by atoms with Gasteiger partial charge in [0.2, 0.25) is 5.91 Å². The third-order valence-corrected chi connectivity index (χ3v) is 4.02. The Hall–Kier alpha value is -1.56. The predicted octanol–water partition coefficient (Wildman–Crippen LogP) is 1.64. The number of carbonyl (C=O) groups is 2. The lowest BCUT2D eigenvalue weighted by Gasteiger charge is -2.32. The Kier molecular flexibility index (Phi) is 4.79. The molecule has 0 saturated carbocycles. The number of likely N-dealkylation sites (tertiary alicyclic amines) is 1. The Balaban J connectivity index is 1.93. The topological polar surface area (TPSA) is 70.5 Å². The molecule has 0 aliphatic carbocycles. The van der Waals surface area contributed by atoms with Gasteiger partial charge in [-0.1, -0.05) is 17.8 Å². The standard InChI is InChI=1S/C13H16N2O3S/c16-12(9-19-11-6-1-3-7-14-11)15-8-4-2-5-10(15)13(17)18/h1,3,6-7,10H,2,4-5,8-9H2,(H,17,18). The molecule has 2 rings (SSSR count). The lowest BCUT2D eigenvalue weighted by Crippen LogP contribution is -2.48. The van der Waals surface area contributed by atoms with Crippen molar-refractivity contribution in [3.63, 3.8) is 0 Å². The number of aliphatic carboxylic acids is 1. The maximum Gasteiger partial charge on any atom is 0.326 e. The molecule has 1 atom stereocenters. The number of hydrogen-bond donors (Lipinski definition) is 1. The van der Waals surface area contributed by atoms with Gasteiger partial charge in [0.05, 0.1) is 10.8 Å². The Bertz CT molecular complexity index is 452. The van der Waals surface area contributed by atoms with E-state index in [1.54, 1.807) is 6.20 Å². The first-order valence-electron chi connectivity index (χ1n) is 6.24. The molecular formula is C13H16N2O3S. The fraction of sp³-hybridized carbons (Fsp3) is 0.462. The molecule has 1 aromatic heterocycles. The molecule has 0 bridgehead atoms. The van der Waals surface area contributed by atoms with Crippen LogP contribution in [-0.4, -0.2) is 45.2 Å². The van der Waals surface area contributed by atoms with Crippen molar-refractivity contribution in [1.29, 1.82) is 0 Å². The molecule has 1 fully saturated rings. The summed E-state index contributed by atoms with van der Waals surface area (Å²) in [6, 6.07) is 4.85. The van der Waals surface area contributed by atoms with E-state index in [0.29, 0.717) is 13.0 Å². The van der Waals surface area contributed by atoms with Gasteiger partial charge in [-0.3, -0.25) is 4.79 Å². The Morgan fingerprint density at radius 1 is 1.42 bits per heavy atom. The molecule has 102 valence electrons. The summed E-state index contributed by atoms with van der Waals surface area (Å²) in [6.45, 7) is 0.540. The number of carboxylic acid groups (broad SMARTS) is 1. The molecule has 6 heteroatoms. The first-order chi connectivity index (χ1) is 9.18. The summed E-state index contributed by atoms with van der Waals surface area (Å²) in [6.07, 6.45) is 3.97. The van der Waals surface area contributed by atoms with Gasteiger partial charge >= 0.3 is 5.97 Å². The maximum absolute atomic E-state index is 12.1. The van der Waals surface area contributed by atoms with Gasteiger partial charge in [0.15, 0.2) is 0 Å². The van der Waals surface area contributed by atoms with Gasteiger partial charge in [0.1, 0.15) is 6.04 Å². The summed E-state index contributed by atoms with van der Waals surface area (Å²) < 4.78 is 0. The summed E-state index contributed by atoms with van der Waals surface area (Å²) >= 11 is 1.34. The van der Waals surface area contributed by atoms with Crippen LogP contribution < -0.4 is 0 Å². The van der Waals surface area contributed by atoms with Crippen LogP contribution in [-0.2, 0) is 9.59 Å². The van der Waals surface area contributed by atoms with E-state index < -0.39 is 12.0 Å². The summed E-state index contributed by atoms with van der Waals surface area (Å²) in [4.78, 5) is 28.8. The zero-order valence-corrected chi connectivity index (χ0v) is 11.3. The highest BCUT2D eigenvalue weighted by atomic mass is 32.2. The number of piperidine rings is 1. The number of carbonyl (C=O) groups excluding carboxylic acids is 1. The fourth-order valence-electron chi connectivity index (χ4n) is 2.14. The highest BCUT2D eigenvalue weighted by molar-refractivity contribution is 7.99. The van der Waals surface area contributed by atoms with Crippen LogP contribution in [0.4, 0.5) is 0 Å². The van der Waals surface area contributed by atoms with E-state index in [9.17, 15) is 9.59 Å². The van der Waals surface area contributed by atoms with Crippen molar-refractivity contribution in [1.82, 2.24) is 9.88 Å². The van der Waals surface area contributed by atoms with Gasteiger partial charge in [-0.05, 0) is 31.4 Å². The number of pyridine rings is 1. The SMILES string of the molecule is O=C(O)C1CCCCN1C(=O)CSc1ccccn1. The molecule has 19 heavy (non-hydrogen) atoms. The minimum Gasteiger partial charge on any atom is -0.480 e. The van der Waals surface area contributed by atoms with E-state index in [2.05, 4.69) is 4.98 Å². The minimum atomic E-state index is -0.907. The zero-order chi connectivity index (χ0) is 13.7. The van der Waals surface area contributed by atoms with Crippen LogP contribution in [0.3, 0.4) is 0 Å². The quantitative estimate of drug-likeness (QED) is 0.849. The van der Waals surface area contributed by atoms with Gasteiger partial charge in [-0.15, -0.1) is 0 Å². The molecule has 1 unspecified atom stereocenters. The van der Waals surface area contributed by atoms with Gasteiger partial charge in [0, 0.05) is 12.7 Å². The van der Waals surface area contributed by atoms with Crippen LogP contribution in [0.1, 0.15) is 19.3 Å². The van der Waals surface area contributed by atoms with Gasteiger partial charge in [0.25, 0.3) is 0 Å². The van der Waals surface area contributed by atoms with E-state index in [4.69, 9.17) is 5.11 Å². The first-order valence-corrected chi connectivity index (χ1v) is 7.23. The third-order valence-electron chi connectivity index (χ3n) is 3.09. The molecule has 5 nitrogen and oxygen atoms in total. The molecule has 1 N–H and O–H groups in total. The van der Waals surface area contributed by atoms with Crippen molar-refractivity contribution in [2.24, 2.45) is 0 Å². The highest BCUT2D eigenvalue weighted by Gasteiger charge is 2.31. The monoisotopic (exact) mass is 280 g/mol. The van der Waals surface area contributed by atoms with Gasteiger partial charge in [-0.25, -0.2) is 9.78 Å². The van der Waals surface area contributed by atoms with Crippen molar-refractivity contribution in [3.8, 4) is 0 Å². The first kappa shape index (κ1) is 13.9. The summed E-state index contributed by atoms with van der Waals surface area (Å²) in [7, 11) is 0. The van der Waals surface area contributed by atoms with Gasteiger partial charge in [-0.2, -0.15) is 0 Å². The minimum absolute atomic E-state index is 0.122. The average Bonchev–Trinajstić information content (AvgIpc) is 2.46. The summed E-state index contributed by atoms with van der Waals surface area (Å²) in [5.74, 6) is -0.792. The Labute approximate surface area is 116 Å². The molecular weight excluding hydrogens is 264 g/mol. The van der Waals surface area contributed by atoms with Crippen molar-refractivity contribution in [2.75, 3.05) is 12.3 Å². The van der Waals surface area contributed by atoms with Gasteiger partial charge < -0.3 is 10.0 Å². The smallest absolute Gasteiger partial charge is 0.326 e. The Morgan fingerprint density at radius 2 is 2.26 bits per heavy atom. The third kappa shape index (κ3) is 3.70. The van der Waals surface area contributed by atoms with E-state index in [1.165, 1.54) is 16.7 Å². The summed E-state index contributed by atoms with van der Waals surface area (Å²) in [5, 5.41) is 9.91. The van der Waals surface area contributed by atoms with Crippen LogP contribution in [0.5, 0.6) is 0 Å². The molecule has 1 amide bonds. The Morgan fingerprint density at radius 3 is 2.95 bits per heavy atom. The molecule has 1 aliphatic heterocycles. The second-order valence-electron chi connectivity index (χ2n) is 4.39. The van der Waals surface area contributed by atoms with Crippen LogP contribution in [0, 0.1) is 0 Å². The molecule has 0 spiro atoms. The van der Waals surface area contributed by atoms with E-state index in [0.717, 1.165) is 17.9 Å². The van der Waals surface area contributed by atoms with Crippen LogP contribution in [0.25, 0.3) is 0 Å². The van der Waals surface area contributed by atoms with Crippen molar-refractivity contribution in [3.05, 3.63) is 24.4 Å². The van der Waals surface area contributed by atoms with Crippen LogP contribution >= 0.6 is 11.8 Å². The molecule has 0 radical (unpaired) electrons. The van der Waals surface area contributed by atoms with E-state index in [-0.39, 0.29) is 11.7 Å². The number of amides is 1. The zero-order valence-electron chi connectivity index (χ0n) is 10.5. The van der Waals surface area contributed by atoms with Crippen LogP contribution in [0.15, 0.2) is 29.4 Å². The number of carboxylic acids is 1.